The van der Waals surface area contributed by atoms with Crippen LogP contribution in [0.25, 0.3) is 10.9 Å². The maximum absolute atomic E-state index is 13.0. The number of nitrogens with one attached hydrogen (secondary N) is 1. The third-order valence-electron chi connectivity index (χ3n) is 5.00. The van der Waals surface area contributed by atoms with Gasteiger partial charge in [-0.3, -0.25) is 9.52 Å². The van der Waals surface area contributed by atoms with E-state index in [1.807, 2.05) is 0 Å². The molecule has 0 fully saturated rings. The van der Waals surface area contributed by atoms with Gasteiger partial charge in [0.05, 0.1) is 35.8 Å². The number of hydrogen-bond acceptors (Lipinski definition) is 9. The molecular weight excluding hydrogens is 476 g/mol. The number of esters is 1. The highest BCUT2D eigenvalue weighted by Gasteiger charge is 2.21. The Hall–Kier alpha value is -4.45. The first-order chi connectivity index (χ1) is 16.8. The number of carbonyl (C=O) groups is 1. The number of sulfonamides is 1. The summed E-state index contributed by atoms with van der Waals surface area (Å²) >= 11 is 0. The molecule has 0 spiro atoms. The molecule has 0 atom stereocenters. The predicted molar refractivity (Wildman–Crippen MR) is 126 cm³/mol. The second-order valence-electron chi connectivity index (χ2n) is 7.14. The zero-order valence-corrected chi connectivity index (χ0v) is 19.5. The fraction of sp³-hybridized carbons (Fsp3) is 0.130. The number of anilines is 1. The summed E-state index contributed by atoms with van der Waals surface area (Å²) in [5.41, 5.74) is -0.136. The van der Waals surface area contributed by atoms with Crippen LogP contribution in [0.15, 0.2) is 76.4 Å². The lowest BCUT2D eigenvalue weighted by molar-refractivity contribution is 0.0337. The molecule has 3 aromatic carbocycles. The van der Waals surface area contributed by atoms with Crippen molar-refractivity contribution in [2.45, 2.75) is 11.6 Å². The number of methoxy groups -OCH3 is 2. The van der Waals surface area contributed by atoms with Gasteiger partial charge in [0.25, 0.3) is 15.6 Å². The Labute approximate surface area is 199 Å². The minimum atomic E-state index is -4.10. The van der Waals surface area contributed by atoms with Crippen LogP contribution in [0.3, 0.4) is 0 Å². The van der Waals surface area contributed by atoms with Gasteiger partial charge in [-0.15, -0.1) is 5.10 Å². The number of aromatic nitrogens is 3. The van der Waals surface area contributed by atoms with Crippen LogP contribution in [0.2, 0.25) is 0 Å². The summed E-state index contributed by atoms with van der Waals surface area (Å²) in [5.74, 6) is -0.273. The lowest BCUT2D eigenvalue weighted by Gasteiger charge is -2.14. The largest absolute Gasteiger partial charge is 0.493 e. The van der Waals surface area contributed by atoms with Crippen molar-refractivity contribution < 1.29 is 27.4 Å². The van der Waals surface area contributed by atoms with Gasteiger partial charge in [-0.25, -0.2) is 13.2 Å². The Morgan fingerprint density at radius 1 is 0.971 bits per heavy atom. The number of rotatable bonds is 8. The molecule has 4 rings (SSSR count). The Morgan fingerprint density at radius 3 is 2.46 bits per heavy atom. The van der Waals surface area contributed by atoms with Gasteiger partial charge in [-0.2, -0.15) is 4.68 Å². The average molecular weight is 497 g/mol. The summed E-state index contributed by atoms with van der Waals surface area (Å²) in [6.07, 6.45) is 0. The first-order valence-electron chi connectivity index (χ1n) is 10.2. The highest BCUT2D eigenvalue weighted by molar-refractivity contribution is 7.92. The summed E-state index contributed by atoms with van der Waals surface area (Å²) in [6.45, 7) is -0.508. The lowest BCUT2D eigenvalue weighted by atomic mass is 10.2. The molecule has 35 heavy (non-hydrogen) atoms. The number of nitrogens with zero attached hydrogens (tertiary/aromatic N) is 3. The van der Waals surface area contributed by atoms with E-state index in [-0.39, 0.29) is 21.9 Å². The molecule has 12 heteroatoms. The van der Waals surface area contributed by atoms with E-state index in [4.69, 9.17) is 14.2 Å². The quantitative estimate of drug-likeness (QED) is 0.364. The van der Waals surface area contributed by atoms with E-state index in [9.17, 15) is 18.0 Å². The normalized spacial score (nSPS) is 11.1. The number of fused-ring (bicyclic) bond motifs is 1. The predicted octanol–water partition coefficient (Wildman–Crippen LogP) is 2.42. The Bertz CT molecular complexity index is 1570. The summed E-state index contributed by atoms with van der Waals surface area (Å²) in [4.78, 5) is 25.2. The van der Waals surface area contributed by atoms with E-state index >= 15 is 0 Å². The van der Waals surface area contributed by atoms with Crippen LogP contribution in [-0.2, 0) is 21.5 Å². The van der Waals surface area contributed by atoms with E-state index in [2.05, 4.69) is 15.0 Å². The average Bonchev–Trinajstić information content (AvgIpc) is 2.88. The van der Waals surface area contributed by atoms with E-state index in [0.29, 0.717) is 16.7 Å². The van der Waals surface area contributed by atoms with Gasteiger partial charge in [0.1, 0.15) is 5.52 Å². The van der Waals surface area contributed by atoms with Crippen molar-refractivity contribution in [3.63, 3.8) is 0 Å². The highest BCUT2D eigenvalue weighted by Crippen LogP contribution is 2.30. The molecule has 0 radical (unpaired) electrons. The van der Waals surface area contributed by atoms with E-state index in [1.54, 1.807) is 36.4 Å². The molecule has 0 aliphatic heterocycles. The third kappa shape index (κ3) is 4.92. The van der Waals surface area contributed by atoms with Crippen molar-refractivity contribution in [1.29, 1.82) is 0 Å². The fourth-order valence-corrected chi connectivity index (χ4v) is 4.34. The van der Waals surface area contributed by atoms with Crippen LogP contribution in [0, 0.1) is 0 Å². The SMILES string of the molecule is COc1ccc(S(=O)(=O)Nc2ccccc2C(=O)OCn2nnc3ccccc3c2=O)cc1OC. The molecule has 0 saturated heterocycles. The Balaban J connectivity index is 1.56. The molecule has 11 nitrogen and oxygen atoms in total. The van der Waals surface area contributed by atoms with E-state index in [0.717, 1.165) is 4.68 Å². The van der Waals surface area contributed by atoms with Crippen molar-refractivity contribution in [1.82, 2.24) is 15.0 Å². The third-order valence-corrected chi connectivity index (χ3v) is 6.37. The van der Waals surface area contributed by atoms with Crippen molar-refractivity contribution in [2.75, 3.05) is 18.9 Å². The lowest BCUT2D eigenvalue weighted by Crippen LogP contribution is -2.26. The monoisotopic (exact) mass is 496 g/mol. The topological polar surface area (TPSA) is 139 Å². The van der Waals surface area contributed by atoms with Crippen molar-refractivity contribution in [3.05, 3.63) is 82.6 Å². The smallest absolute Gasteiger partial charge is 0.342 e. The number of hydrogen-bond donors (Lipinski definition) is 1. The molecule has 180 valence electrons. The first kappa shape index (κ1) is 23.7. The van der Waals surface area contributed by atoms with Crippen LogP contribution >= 0.6 is 0 Å². The van der Waals surface area contributed by atoms with Crippen LogP contribution < -0.4 is 19.8 Å². The van der Waals surface area contributed by atoms with Crippen LogP contribution in [0.1, 0.15) is 10.4 Å². The standard InChI is InChI=1S/C23H20N4O7S/c1-32-20-12-11-15(13-21(20)33-2)35(30,31)25-19-10-6-4-8-17(19)23(29)34-14-27-22(28)16-7-3-5-9-18(16)24-26-27/h3-13,25H,14H2,1-2H3. The molecular formula is C23H20N4O7S. The second-order valence-corrected chi connectivity index (χ2v) is 8.82. The van der Waals surface area contributed by atoms with Crippen LogP contribution in [-0.4, -0.2) is 43.6 Å². The van der Waals surface area contributed by atoms with Gasteiger partial charge in [0.15, 0.2) is 18.2 Å². The molecule has 0 unspecified atom stereocenters. The number of ether oxygens (including phenoxy) is 3. The van der Waals surface area contributed by atoms with Crippen molar-refractivity contribution in [2.24, 2.45) is 0 Å². The van der Waals surface area contributed by atoms with Crippen molar-refractivity contribution in [3.8, 4) is 11.5 Å². The van der Waals surface area contributed by atoms with E-state index in [1.165, 1.54) is 44.6 Å². The summed E-state index contributed by atoms with van der Waals surface area (Å²) < 4.78 is 44.7. The molecule has 1 heterocycles. The number of carbonyl (C=O) groups excluding carboxylic acids is 1. The summed E-state index contributed by atoms with van der Waals surface area (Å²) in [7, 11) is -1.27. The van der Waals surface area contributed by atoms with Crippen LogP contribution in [0.4, 0.5) is 5.69 Å². The molecule has 0 saturated carbocycles. The van der Waals surface area contributed by atoms with Gasteiger partial charge in [0, 0.05) is 6.07 Å². The number of benzene rings is 3. The second kappa shape index (κ2) is 9.81. The van der Waals surface area contributed by atoms with Gasteiger partial charge in [-0.05, 0) is 36.4 Å². The molecule has 0 bridgehead atoms. The molecule has 4 aromatic rings. The van der Waals surface area contributed by atoms with Crippen molar-refractivity contribution >= 4 is 32.6 Å². The van der Waals surface area contributed by atoms with Gasteiger partial charge in [-0.1, -0.05) is 29.5 Å². The Kier molecular flexibility index (Phi) is 6.64. The zero-order chi connectivity index (χ0) is 25.0. The maximum Gasteiger partial charge on any atom is 0.342 e. The molecule has 0 aliphatic rings. The molecule has 1 aromatic heterocycles. The fourth-order valence-electron chi connectivity index (χ4n) is 3.24. The van der Waals surface area contributed by atoms with Gasteiger partial charge >= 0.3 is 5.97 Å². The van der Waals surface area contributed by atoms with Gasteiger partial charge < -0.3 is 14.2 Å². The minimum Gasteiger partial charge on any atom is -0.493 e. The molecule has 0 aliphatic carbocycles. The highest BCUT2D eigenvalue weighted by atomic mass is 32.2. The zero-order valence-electron chi connectivity index (χ0n) is 18.7. The molecule has 1 N–H and O–H groups in total. The molecule has 0 amide bonds. The van der Waals surface area contributed by atoms with E-state index < -0.39 is 28.3 Å². The Morgan fingerprint density at radius 2 is 1.69 bits per heavy atom. The summed E-state index contributed by atoms with van der Waals surface area (Å²) in [5, 5.41) is 8.02. The first-order valence-corrected chi connectivity index (χ1v) is 11.7. The minimum absolute atomic E-state index is 0.00997. The number of para-hydroxylation sites is 1. The van der Waals surface area contributed by atoms with Gasteiger partial charge in [0.2, 0.25) is 0 Å². The maximum atomic E-state index is 13.0. The van der Waals surface area contributed by atoms with Crippen LogP contribution in [0.5, 0.6) is 11.5 Å². The summed E-state index contributed by atoms with van der Waals surface area (Å²) in [6, 6.07) is 16.6.